The van der Waals surface area contributed by atoms with Gasteiger partial charge in [0.05, 0.1) is 11.7 Å². The Bertz CT molecular complexity index is 1150. The average Bonchev–Trinajstić information content (AvgIpc) is 3.14. The van der Waals surface area contributed by atoms with Gasteiger partial charge in [-0.15, -0.1) is 0 Å². The smallest absolute Gasteiger partial charge is 0.146 e. The van der Waals surface area contributed by atoms with Gasteiger partial charge in [0, 0.05) is 41.1 Å². The third kappa shape index (κ3) is 1.29. The van der Waals surface area contributed by atoms with Crippen molar-refractivity contribution in [3.63, 3.8) is 0 Å². The molecule has 0 saturated carbocycles. The second-order valence-corrected chi connectivity index (χ2v) is 5.41. The van der Waals surface area contributed by atoms with Crippen LogP contribution >= 0.6 is 0 Å². The second kappa shape index (κ2) is 3.61. The van der Waals surface area contributed by atoms with E-state index in [9.17, 15) is 0 Å². The first-order valence-electron chi connectivity index (χ1n) is 6.90. The largest absolute Gasteiger partial charge is 0.351 e. The summed E-state index contributed by atoms with van der Waals surface area (Å²) in [5.74, 6) is 0. The summed E-state index contributed by atoms with van der Waals surface area (Å²) >= 11 is 0. The van der Waals surface area contributed by atoms with Gasteiger partial charge in [0.1, 0.15) is 12.0 Å². The van der Waals surface area contributed by atoms with Crippen LogP contribution in [0.3, 0.4) is 0 Å². The molecule has 4 heterocycles. The van der Waals surface area contributed by atoms with Crippen molar-refractivity contribution >= 4 is 38.2 Å². The zero-order chi connectivity index (χ0) is 14.0. The first-order chi connectivity index (χ1) is 10.3. The topological polar surface area (TPSA) is 35.1 Å². The predicted molar refractivity (Wildman–Crippen MR) is 84.5 cm³/mol. The van der Waals surface area contributed by atoms with Crippen molar-refractivity contribution in [2.24, 2.45) is 7.05 Å². The number of aryl methyl sites for hydroxylation is 1. The molecule has 0 aliphatic carbocycles. The Kier molecular flexibility index (Phi) is 1.86. The first-order valence-corrected chi connectivity index (χ1v) is 6.90. The number of benzene rings is 1. The zero-order valence-electron chi connectivity index (χ0n) is 11.5. The summed E-state index contributed by atoms with van der Waals surface area (Å²) in [6.45, 7) is 0. The molecule has 0 saturated heterocycles. The van der Waals surface area contributed by atoms with Gasteiger partial charge in [0.25, 0.3) is 0 Å². The van der Waals surface area contributed by atoms with Crippen molar-refractivity contribution in [1.82, 2.24) is 18.9 Å². The molecule has 0 fully saturated rings. The highest BCUT2D eigenvalue weighted by Crippen LogP contribution is 2.32. The summed E-state index contributed by atoms with van der Waals surface area (Å²) in [5.41, 5.74) is 3.28. The van der Waals surface area contributed by atoms with Gasteiger partial charge in [-0.1, -0.05) is 0 Å². The van der Waals surface area contributed by atoms with Crippen LogP contribution in [0.25, 0.3) is 38.2 Å². The fraction of sp³-hybridized carbons (Fsp3) is 0.0588. The van der Waals surface area contributed by atoms with E-state index in [1.807, 2.05) is 24.8 Å². The highest BCUT2D eigenvalue weighted by atomic mass is 15.0. The predicted octanol–water partition coefficient (Wildman–Crippen LogP) is 3.53. The molecular weight excluding hydrogens is 260 g/mol. The molecule has 4 aromatic heterocycles. The number of hydrogen-bond acceptors (Lipinski definition) is 2. The lowest BCUT2D eigenvalue weighted by atomic mass is 10.0. The van der Waals surface area contributed by atoms with Crippen LogP contribution in [0.5, 0.6) is 0 Å². The molecule has 0 unspecified atom stereocenters. The highest BCUT2D eigenvalue weighted by molar-refractivity contribution is 6.15. The van der Waals surface area contributed by atoms with E-state index in [4.69, 9.17) is 0 Å². The maximum Gasteiger partial charge on any atom is 0.146 e. The lowest BCUT2D eigenvalue weighted by Gasteiger charge is -2.08. The Morgan fingerprint density at radius 3 is 2.90 bits per heavy atom. The van der Waals surface area contributed by atoms with Crippen LogP contribution in [0.15, 0.2) is 55.2 Å². The second-order valence-electron chi connectivity index (χ2n) is 5.41. The Morgan fingerprint density at radius 1 is 1.00 bits per heavy atom. The van der Waals surface area contributed by atoms with Crippen LogP contribution in [0, 0.1) is 0 Å². The fourth-order valence-corrected chi connectivity index (χ4v) is 3.21. The third-order valence-electron chi connectivity index (χ3n) is 4.24. The Balaban J connectivity index is 2.19. The zero-order valence-corrected chi connectivity index (χ0v) is 11.5. The minimum atomic E-state index is 0.950. The van der Waals surface area contributed by atoms with Gasteiger partial charge in [0.15, 0.2) is 0 Å². The van der Waals surface area contributed by atoms with Crippen molar-refractivity contribution in [3.05, 3.63) is 55.2 Å². The maximum absolute atomic E-state index is 4.54. The molecule has 0 N–H and O–H groups in total. The van der Waals surface area contributed by atoms with Crippen LogP contribution in [0.2, 0.25) is 0 Å². The van der Waals surface area contributed by atoms with E-state index >= 15 is 0 Å². The SMILES string of the molecule is Cn1ccc2cc3c(cc21)c1cccnc1n1cncc31. The van der Waals surface area contributed by atoms with Crippen LogP contribution in [-0.4, -0.2) is 18.9 Å². The quantitative estimate of drug-likeness (QED) is 0.404. The van der Waals surface area contributed by atoms with E-state index < -0.39 is 0 Å². The molecule has 5 rings (SSSR count). The summed E-state index contributed by atoms with van der Waals surface area (Å²) in [6, 6.07) is 10.8. The van der Waals surface area contributed by atoms with E-state index in [1.54, 1.807) is 0 Å². The number of fused-ring (bicyclic) bond motifs is 7. The normalized spacial score (nSPS) is 12.0. The molecule has 21 heavy (non-hydrogen) atoms. The molecular formula is C17H12N4. The van der Waals surface area contributed by atoms with E-state index in [-0.39, 0.29) is 0 Å². The Hall–Kier alpha value is -2.88. The molecule has 1 aromatic carbocycles. The summed E-state index contributed by atoms with van der Waals surface area (Å²) in [5, 5.41) is 4.84. The maximum atomic E-state index is 4.54. The number of hydrogen-bond donors (Lipinski definition) is 0. The van der Waals surface area contributed by atoms with Crippen LogP contribution in [0.4, 0.5) is 0 Å². The first kappa shape index (κ1) is 10.9. The lowest BCUT2D eigenvalue weighted by molar-refractivity contribution is 0.970. The van der Waals surface area contributed by atoms with E-state index in [1.165, 1.54) is 21.7 Å². The highest BCUT2D eigenvalue weighted by Gasteiger charge is 2.11. The lowest BCUT2D eigenvalue weighted by Crippen LogP contribution is -1.92. The molecule has 0 atom stereocenters. The number of imidazole rings is 1. The number of rotatable bonds is 0. The standard InChI is InChI=1S/C17H12N4/c1-20-6-4-11-7-14-13(8-15(11)20)12-3-2-5-19-17(12)21-10-18-9-16(14)21/h2-10H,1H3. The Morgan fingerprint density at radius 2 is 1.95 bits per heavy atom. The number of pyridine rings is 2. The van der Waals surface area contributed by atoms with Crippen molar-refractivity contribution in [2.45, 2.75) is 0 Å². The molecule has 100 valence electrons. The van der Waals surface area contributed by atoms with Gasteiger partial charge in [-0.05, 0) is 35.7 Å². The summed E-state index contributed by atoms with van der Waals surface area (Å²) in [7, 11) is 2.08. The molecule has 0 bridgehead atoms. The van der Waals surface area contributed by atoms with Crippen LogP contribution < -0.4 is 0 Å². The fourth-order valence-electron chi connectivity index (χ4n) is 3.21. The van der Waals surface area contributed by atoms with Crippen LogP contribution in [0.1, 0.15) is 0 Å². The van der Waals surface area contributed by atoms with Gasteiger partial charge >= 0.3 is 0 Å². The Labute approximate surface area is 120 Å². The molecule has 4 nitrogen and oxygen atoms in total. The molecule has 0 aliphatic rings. The average molecular weight is 272 g/mol. The minimum absolute atomic E-state index is 0.950. The number of aromatic nitrogens is 4. The third-order valence-corrected chi connectivity index (χ3v) is 4.24. The summed E-state index contributed by atoms with van der Waals surface area (Å²) in [4.78, 5) is 8.84. The van der Waals surface area contributed by atoms with E-state index in [0.717, 1.165) is 16.6 Å². The molecule has 0 spiro atoms. The van der Waals surface area contributed by atoms with Gasteiger partial charge in [-0.25, -0.2) is 9.97 Å². The summed E-state index contributed by atoms with van der Waals surface area (Å²) < 4.78 is 4.21. The van der Waals surface area contributed by atoms with Crippen molar-refractivity contribution in [2.75, 3.05) is 0 Å². The van der Waals surface area contributed by atoms with Gasteiger partial charge in [-0.3, -0.25) is 4.40 Å². The van der Waals surface area contributed by atoms with Crippen molar-refractivity contribution in [3.8, 4) is 0 Å². The molecule has 4 heteroatoms. The monoisotopic (exact) mass is 272 g/mol. The molecule has 5 aromatic rings. The molecule has 0 radical (unpaired) electrons. The minimum Gasteiger partial charge on any atom is -0.351 e. The molecule has 0 aliphatic heterocycles. The van der Waals surface area contributed by atoms with Crippen molar-refractivity contribution < 1.29 is 0 Å². The summed E-state index contributed by atoms with van der Waals surface area (Å²) in [6.07, 6.45) is 7.66. The van der Waals surface area contributed by atoms with Crippen LogP contribution in [-0.2, 0) is 7.05 Å². The van der Waals surface area contributed by atoms with E-state index in [2.05, 4.69) is 56.4 Å². The van der Waals surface area contributed by atoms with Gasteiger partial charge in [-0.2, -0.15) is 0 Å². The van der Waals surface area contributed by atoms with Gasteiger partial charge < -0.3 is 4.57 Å². The number of nitrogens with zero attached hydrogens (tertiary/aromatic N) is 4. The van der Waals surface area contributed by atoms with Gasteiger partial charge in [0.2, 0.25) is 0 Å². The van der Waals surface area contributed by atoms with Crippen molar-refractivity contribution in [1.29, 1.82) is 0 Å². The molecule has 0 amide bonds. The van der Waals surface area contributed by atoms with E-state index in [0.29, 0.717) is 0 Å².